The molecule has 0 fully saturated rings. The molecule has 0 aliphatic carbocycles. The van der Waals surface area contributed by atoms with Gasteiger partial charge in [0.15, 0.2) is 0 Å². The number of rotatable bonds is 5. The lowest BCUT2D eigenvalue weighted by Crippen LogP contribution is -2.32. The van der Waals surface area contributed by atoms with Gasteiger partial charge >= 0.3 is 0 Å². The Bertz CT molecular complexity index is 609. The predicted octanol–water partition coefficient (Wildman–Crippen LogP) is 3.14. The molecule has 2 aromatic rings. The Morgan fingerprint density at radius 3 is 2.50 bits per heavy atom. The number of fused-ring (bicyclic) bond motifs is 1. The van der Waals surface area contributed by atoms with Crippen molar-refractivity contribution < 1.29 is 4.79 Å². The van der Waals surface area contributed by atoms with E-state index in [1.54, 1.807) is 0 Å². The molecule has 0 radical (unpaired) electrons. The summed E-state index contributed by atoms with van der Waals surface area (Å²) < 4.78 is 2.04. The molecule has 0 bridgehead atoms. The van der Waals surface area contributed by atoms with Gasteiger partial charge in [-0.25, -0.2) is 4.98 Å². The maximum absolute atomic E-state index is 12.6. The lowest BCUT2D eigenvalue weighted by atomic mass is 10.1. The largest absolute Gasteiger partial charge is 0.339 e. The molecule has 0 aliphatic rings. The molecule has 2 rings (SSSR count). The summed E-state index contributed by atoms with van der Waals surface area (Å²) in [7, 11) is 1.99. The van der Waals surface area contributed by atoms with Crippen molar-refractivity contribution in [1.29, 1.82) is 0 Å². The zero-order valence-corrected chi connectivity index (χ0v) is 12.8. The molecular weight excluding hydrogens is 250 g/mol. The van der Waals surface area contributed by atoms with Gasteiger partial charge in [-0.1, -0.05) is 13.8 Å². The van der Waals surface area contributed by atoms with E-state index in [1.165, 1.54) is 0 Å². The SMILES string of the molecule is CCCN(CCC)C(=O)c1ccc2c(c1)nc(C)n2C. The Kier molecular flexibility index (Phi) is 4.42. The van der Waals surface area contributed by atoms with Crippen molar-refractivity contribution in [3.05, 3.63) is 29.6 Å². The van der Waals surface area contributed by atoms with Gasteiger partial charge < -0.3 is 9.47 Å². The number of aromatic nitrogens is 2. The first kappa shape index (κ1) is 14.6. The Balaban J connectivity index is 2.34. The Labute approximate surface area is 120 Å². The van der Waals surface area contributed by atoms with Crippen LogP contribution in [-0.2, 0) is 7.05 Å². The quantitative estimate of drug-likeness (QED) is 0.839. The van der Waals surface area contributed by atoms with E-state index in [1.807, 2.05) is 41.6 Å². The van der Waals surface area contributed by atoms with E-state index in [4.69, 9.17) is 0 Å². The normalized spacial score (nSPS) is 11.0. The molecule has 0 atom stereocenters. The second kappa shape index (κ2) is 6.07. The third-order valence-corrected chi connectivity index (χ3v) is 3.63. The highest BCUT2D eigenvalue weighted by atomic mass is 16.2. The molecule has 0 aliphatic heterocycles. The van der Waals surface area contributed by atoms with Crippen molar-refractivity contribution in [3.63, 3.8) is 0 Å². The number of nitrogens with zero attached hydrogens (tertiary/aromatic N) is 3. The van der Waals surface area contributed by atoms with E-state index in [0.717, 1.165) is 48.4 Å². The van der Waals surface area contributed by atoms with Crippen LogP contribution >= 0.6 is 0 Å². The van der Waals surface area contributed by atoms with Gasteiger partial charge in [0.05, 0.1) is 11.0 Å². The maximum atomic E-state index is 12.6. The molecule has 1 heterocycles. The van der Waals surface area contributed by atoms with Gasteiger partial charge in [0.2, 0.25) is 0 Å². The average Bonchev–Trinajstić information content (AvgIpc) is 2.72. The standard InChI is InChI=1S/C16H23N3O/c1-5-9-19(10-6-2)16(20)13-7-8-15-14(11-13)17-12(3)18(15)4/h7-8,11H,5-6,9-10H2,1-4H3. The number of amides is 1. The van der Waals surface area contributed by atoms with Crippen LogP contribution < -0.4 is 0 Å². The van der Waals surface area contributed by atoms with Crippen LogP contribution in [0.1, 0.15) is 42.9 Å². The topological polar surface area (TPSA) is 38.1 Å². The van der Waals surface area contributed by atoms with E-state index in [-0.39, 0.29) is 5.91 Å². The van der Waals surface area contributed by atoms with Gasteiger partial charge in [0, 0.05) is 25.7 Å². The Morgan fingerprint density at radius 2 is 1.90 bits per heavy atom. The van der Waals surface area contributed by atoms with Crippen LogP contribution in [0.2, 0.25) is 0 Å². The molecule has 1 aromatic carbocycles. The second-order valence-electron chi connectivity index (χ2n) is 5.21. The van der Waals surface area contributed by atoms with Gasteiger partial charge in [0.1, 0.15) is 5.82 Å². The fourth-order valence-corrected chi connectivity index (χ4v) is 2.49. The number of hydrogen-bond acceptors (Lipinski definition) is 2. The van der Waals surface area contributed by atoms with E-state index >= 15 is 0 Å². The summed E-state index contributed by atoms with van der Waals surface area (Å²) in [6.45, 7) is 7.79. The highest BCUT2D eigenvalue weighted by Crippen LogP contribution is 2.17. The fraction of sp³-hybridized carbons (Fsp3) is 0.500. The van der Waals surface area contributed by atoms with Gasteiger partial charge in [-0.15, -0.1) is 0 Å². The van der Waals surface area contributed by atoms with Crippen LogP contribution in [0.15, 0.2) is 18.2 Å². The summed E-state index contributed by atoms with van der Waals surface area (Å²) in [5, 5.41) is 0. The summed E-state index contributed by atoms with van der Waals surface area (Å²) in [6, 6.07) is 5.80. The monoisotopic (exact) mass is 273 g/mol. The van der Waals surface area contributed by atoms with Gasteiger partial charge in [0.25, 0.3) is 5.91 Å². The maximum Gasteiger partial charge on any atom is 0.253 e. The molecule has 0 saturated carbocycles. The summed E-state index contributed by atoms with van der Waals surface area (Å²) in [5.74, 6) is 1.07. The van der Waals surface area contributed by atoms with Crippen molar-refractivity contribution >= 4 is 16.9 Å². The third kappa shape index (κ3) is 2.69. The van der Waals surface area contributed by atoms with E-state index < -0.39 is 0 Å². The minimum atomic E-state index is 0.110. The molecule has 4 nitrogen and oxygen atoms in total. The average molecular weight is 273 g/mol. The van der Waals surface area contributed by atoms with Crippen LogP contribution in [-0.4, -0.2) is 33.4 Å². The second-order valence-corrected chi connectivity index (χ2v) is 5.21. The van der Waals surface area contributed by atoms with Crippen LogP contribution in [0.4, 0.5) is 0 Å². The number of carbonyl (C=O) groups excluding carboxylic acids is 1. The highest BCUT2D eigenvalue weighted by Gasteiger charge is 2.15. The first-order valence-corrected chi connectivity index (χ1v) is 7.30. The van der Waals surface area contributed by atoms with Crippen LogP contribution in [0, 0.1) is 6.92 Å². The number of hydrogen-bond donors (Lipinski definition) is 0. The number of benzene rings is 1. The molecule has 1 aromatic heterocycles. The van der Waals surface area contributed by atoms with Crippen molar-refractivity contribution in [3.8, 4) is 0 Å². The molecule has 0 N–H and O–H groups in total. The van der Waals surface area contributed by atoms with E-state index in [2.05, 4.69) is 18.8 Å². The first-order chi connectivity index (χ1) is 9.58. The molecule has 108 valence electrons. The summed E-state index contributed by atoms with van der Waals surface area (Å²) in [6.07, 6.45) is 1.97. The van der Waals surface area contributed by atoms with E-state index in [9.17, 15) is 4.79 Å². The number of aryl methyl sites for hydroxylation is 2. The Hall–Kier alpha value is -1.84. The van der Waals surface area contributed by atoms with Crippen molar-refractivity contribution in [2.75, 3.05) is 13.1 Å². The minimum absolute atomic E-state index is 0.110. The fourth-order valence-electron chi connectivity index (χ4n) is 2.49. The van der Waals surface area contributed by atoms with E-state index in [0.29, 0.717) is 0 Å². The zero-order chi connectivity index (χ0) is 14.7. The molecule has 1 amide bonds. The van der Waals surface area contributed by atoms with Crippen molar-refractivity contribution in [2.45, 2.75) is 33.6 Å². The predicted molar refractivity (Wildman–Crippen MR) is 81.9 cm³/mol. The molecule has 0 spiro atoms. The van der Waals surface area contributed by atoms with Crippen molar-refractivity contribution in [1.82, 2.24) is 14.5 Å². The van der Waals surface area contributed by atoms with Crippen molar-refractivity contribution in [2.24, 2.45) is 7.05 Å². The third-order valence-electron chi connectivity index (χ3n) is 3.63. The van der Waals surface area contributed by atoms with Gasteiger partial charge in [-0.3, -0.25) is 4.79 Å². The number of carbonyl (C=O) groups is 1. The van der Waals surface area contributed by atoms with Crippen LogP contribution in [0.3, 0.4) is 0 Å². The molecule has 4 heteroatoms. The molecular formula is C16H23N3O. The summed E-state index contributed by atoms with van der Waals surface area (Å²) in [5.41, 5.74) is 2.69. The molecule has 0 saturated heterocycles. The first-order valence-electron chi connectivity index (χ1n) is 7.30. The summed E-state index contributed by atoms with van der Waals surface area (Å²) in [4.78, 5) is 19.0. The zero-order valence-electron chi connectivity index (χ0n) is 12.8. The number of imidazole rings is 1. The highest BCUT2D eigenvalue weighted by molar-refractivity contribution is 5.97. The van der Waals surface area contributed by atoms with Gasteiger partial charge in [-0.2, -0.15) is 0 Å². The van der Waals surface area contributed by atoms with Gasteiger partial charge in [-0.05, 0) is 38.0 Å². The lowest BCUT2D eigenvalue weighted by molar-refractivity contribution is 0.0755. The summed E-state index contributed by atoms with van der Waals surface area (Å²) >= 11 is 0. The van der Waals surface area contributed by atoms with Crippen LogP contribution in [0.5, 0.6) is 0 Å². The molecule has 20 heavy (non-hydrogen) atoms. The Morgan fingerprint density at radius 1 is 1.25 bits per heavy atom. The smallest absolute Gasteiger partial charge is 0.253 e. The minimum Gasteiger partial charge on any atom is -0.339 e. The van der Waals surface area contributed by atoms with Crippen LogP contribution in [0.25, 0.3) is 11.0 Å². The molecule has 0 unspecified atom stereocenters. The lowest BCUT2D eigenvalue weighted by Gasteiger charge is -2.21.